The van der Waals surface area contributed by atoms with Gasteiger partial charge in [0, 0.05) is 17.8 Å². The Labute approximate surface area is 85.8 Å². The fraction of sp³-hybridized carbons (Fsp3) is 0.231. The van der Waals surface area contributed by atoms with Gasteiger partial charge in [0.1, 0.15) is 0 Å². The molecule has 0 bridgehead atoms. The molecule has 0 aliphatic carbocycles. The van der Waals surface area contributed by atoms with Gasteiger partial charge in [0.2, 0.25) is 0 Å². The van der Waals surface area contributed by atoms with Gasteiger partial charge in [-0.2, -0.15) is 0 Å². The first-order valence-electron chi connectivity index (χ1n) is 4.73. The van der Waals surface area contributed by atoms with Crippen LogP contribution in [0.3, 0.4) is 0 Å². The fourth-order valence-electron chi connectivity index (χ4n) is 1.07. The summed E-state index contributed by atoms with van der Waals surface area (Å²) in [6.45, 7) is 6.84. The second-order valence-electron chi connectivity index (χ2n) is 3.18. The van der Waals surface area contributed by atoms with Crippen molar-refractivity contribution in [3.63, 3.8) is 0 Å². The van der Waals surface area contributed by atoms with E-state index in [1.165, 1.54) is 5.57 Å². The van der Waals surface area contributed by atoms with Crippen molar-refractivity contribution in [1.29, 1.82) is 0 Å². The van der Waals surface area contributed by atoms with Crippen molar-refractivity contribution in [3.05, 3.63) is 42.0 Å². The molecule has 0 aromatic heterocycles. The maximum absolute atomic E-state index is 5.31. The molecular weight excluding hydrogens is 170 g/mol. The minimum Gasteiger partial charge on any atom is -0.381 e. The van der Waals surface area contributed by atoms with Crippen LogP contribution in [-0.4, -0.2) is 6.54 Å². The highest BCUT2D eigenvalue weighted by atomic mass is 14.9. The molecule has 1 N–H and O–H groups in total. The second kappa shape index (κ2) is 5.14. The van der Waals surface area contributed by atoms with E-state index in [4.69, 9.17) is 6.42 Å². The van der Waals surface area contributed by atoms with Gasteiger partial charge in [-0.25, -0.2) is 0 Å². The van der Waals surface area contributed by atoms with E-state index in [0.717, 1.165) is 24.2 Å². The van der Waals surface area contributed by atoms with Crippen LogP contribution in [-0.2, 0) is 0 Å². The maximum atomic E-state index is 5.31. The molecule has 1 nitrogen and oxygen atoms in total. The zero-order valence-electron chi connectivity index (χ0n) is 8.51. The molecule has 1 rings (SSSR count). The molecule has 1 aromatic carbocycles. The third-order valence-corrected chi connectivity index (χ3v) is 2.07. The zero-order chi connectivity index (χ0) is 10.4. The highest BCUT2D eigenvalue weighted by Crippen LogP contribution is 2.10. The van der Waals surface area contributed by atoms with Crippen LogP contribution in [0.5, 0.6) is 0 Å². The molecule has 0 atom stereocenters. The summed E-state index contributed by atoms with van der Waals surface area (Å²) in [5.41, 5.74) is 3.14. The first-order chi connectivity index (χ1) is 6.76. The number of anilines is 1. The van der Waals surface area contributed by atoms with Gasteiger partial charge in [-0.15, -0.1) is 6.42 Å². The van der Waals surface area contributed by atoms with E-state index in [9.17, 15) is 0 Å². The van der Waals surface area contributed by atoms with Gasteiger partial charge in [0.15, 0.2) is 0 Å². The van der Waals surface area contributed by atoms with Crippen LogP contribution >= 0.6 is 0 Å². The number of benzene rings is 1. The summed E-state index contributed by atoms with van der Waals surface area (Å²) >= 11 is 0. The lowest BCUT2D eigenvalue weighted by atomic mass is 10.2. The summed E-state index contributed by atoms with van der Waals surface area (Å²) in [5.74, 6) is 2.61. The molecule has 0 heterocycles. The van der Waals surface area contributed by atoms with E-state index in [0.29, 0.717) is 0 Å². The Morgan fingerprint density at radius 1 is 1.57 bits per heavy atom. The van der Waals surface area contributed by atoms with Crippen LogP contribution in [0.25, 0.3) is 0 Å². The Balaban J connectivity index is 2.60. The number of hydrogen-bond acceptors (Lipinski definition) is 1. The molecule has 14 heavy (non-hydrogen) atoms. The molecule has 0 spiro atoms. The van der Waals surface area contributed by atoms with Crippen molar-refractivity contribution in [2.75, 3.05) is 11.9 Å². The number of nitrogens with one attached hydrogen (secondary N) is 1. The zero-order valence-corrected chi connectivity index (χ0v) is 8.51. The van der Waals surface area contributed by atoms with Crippen LogP contribution in [0.2, 0.25) is 0 Å². The van der Waals surface area contributed by atoms with Crippen LogP contribution in [0, 0.1) is 12.3 Å². The number of terminal acetylenes is 1. The summed E-state index contributed by atoms with van der Waals surface area (Å²) in [6.07, 6.45) is 6.31. The van der Waals surface area contributed by atoms with E-state index in [1.54, 1.807) is 0 Å². The van der Waals surface area contributed by atoms with E-state index >= 15 is 0 Å². The smallest absolute Gasteiger partial charge is 0.0357 e. The van der Waals surface area contributed by atoms with Crippen LogP contribution < -0.4 is 5.32 Å². The monoisotopic (exact) mass is 185 g/mol. The molecule has 0 unspecified atom stereocenters. The standard InChI is InChI=1S/C13H15N/c1-4-11(3)10-14-13-8-6-7-12(5-2)9-13/h2,6-9,14H,3-4,10H2,1H3. The first-order valence-corrected chi connectivity index (χ1v) is 4.73. The number of hydrogen-bond donors (Lipinski definition) is 1. The van der Waals surface area contributed by atoms with Gasteiger partial charge in [-0.3, -0.25) is 0 Å². The van der Waals surface area contributed by atoms with Gasteiger partial charge in [0.25, 0.3) is 0 Å². The van der Waals surface area contributed by atoms with Gasteiger partial charge in [-0.1, -0.05) is 31.1 Å². The van der Waals surface area contributed by atoms with Crippen molar-refractivity contribution in [2.45, 2.75) is 13.3 Å². The largest absolute Gasteiger partial charge is 0.381 e. The molecule has 0 saturated carbocycles. The second-order valence-corrected chi connectivity index (χ2v) is 3.18. The lowest BCUT2D eigenvalue weighted by Gasteiger charge is -2.07. The van der Waals surface area contributed by atoms with Crippen molar-refractivity contribution in [3.8, 4) is 12.3 Å². The van der Waals surface area contributed by atoms with Crippen LogP contribution in [0.1, 0.15) is 18.9 Å². The van der Waals surface area contributed by atoms with Crippen molar-refractivity contribution >= 4 is 5.69 Å². The van der Waals surface area contributed by atoms with Crippen molar-refractivity contribution in [2.24, 2.45) is 0 Å². The topological polar surface area (TPSA) is 12.0 Å². The van der Waals surface area contributed by atoms with Crippen molar-refractivity contribution < 1.29 is 0 Å². The third kappa shape index (κ3) is 2.99. The molecule has 72 valence electrons. The minimum absolute atomic E-state index is 0.810. The van der Waals surface area contributed by atoms with Crippen LogP contribution in [0.15, 0.2) is 36.4 Å². The predicted molar refractivity (Wildman–Crippen MR) is 62.3 cm³/mol. The van der Waals surface area contributed by atoms with Gasteiger partial charge < -0.3 is 5.32 Å². The van der Waals surface area contributed by atoms with Crippen LogP contribution in [0.4, 0.5) is 5.69 Å². The van der Waals surface area contributed by atoms with E-state index in [1.807, 2.05) is 24.3 Å². The average Bonchev–Trinajstić information content (AvgIpc) is 2.26. The van der Waals surface area contributed by atoms with Gasteiger partial charge in [-0.05, 0) is 24.6 Å². The summed E-state index contributed by atoms with van der Waals surface area (Å²) in [6, 6.07) is 7.83. The summed E-state index contributed by atoms with van der Waals surface area (Å²) in [4.78, 5) is 0. The Hall–Kier alpha value is -1.68. The summed E-state index contributed by atoms with van der Waals surface area (Å²) in [5, 5.41) is 3.27. The molecule has 0 saturated heterocycles. The van der Waals surface area contributed by atoms with E-state index in [-0.39, 0.29) is 0 Å². The van der Waals surface area contributed by atoms with E-state index in [2.05, 4.69) is 24.7 Å². The van der Waals surface area contributed by atoms with Gasteiger partial charge in [0.05, 0.1) is 0 Å². The SMILES string of the molecule is C#Cc1cccc(NCC(=C)CC)c1. The van der Waals surface area contributed by atoms with Crippen molar-refractivity contribution in [1.82, 2.24) is 0 Å². The summed E-state index contributed by atoms with van der Waals surface area (Å²) < 4.78 is 0. The normalized spacial score (nSPS) is 9.14. The predicted octanol–water partition coefficient (Wildman–Crippen LogP) is 3.05. The molecule has 1 heteroatoms. The molecule has 0 fully saturated rings. The maximum Gasteiger partial charge on any atom is 0.0357 e. The molecule has 0 amide bonds. The average molecular weight is 185 g/mol. The Morgan fingerprint density at radius 3 is 3.00 bits per heavy atom. The minimum atomic E-state index is 0.810. The molecule has 0 aliphatic rings. The third-order valence-electron chi connectivity index (χ3n) is 2.07. The molecule has 0 radical (unpaired) electrons. The molecular formula is C13H15N. The Kier molecular flexibility index (Phi) is 3.82. The Bertz CT molecular complexity index is 358. The lowest BCUT2D eigenvalue weighted by Crippen LogP contribution is -2.03. The molecule has 1 aromatic rings. The summed E-state index contributed by atoms with van der Waals surface area (Å²) in [7, 11) is 0. The fourth-order valence-corrected chi connectivity index (χ4v) is 1.07. The number of rotatable bonds is 4. The first kappa shape index (κ1) is 10.4. The van der Waals surface area contributed by atoms with Gasteiger partial charge >= 0.3 is 0 Å². The lowest BCUT2D eigenvalue weighted by molar-refractivity contribution is 1.05. The highest BCUT2D eigenvalue weighted by molar-refractivity contribution is 5.50. The Morgan fingerprint density at radius 2 is 2.36 bits per heavy atom. The highest BCUT2D eigenvalue weighted by Gasteiger charge is 1.93. The molecule has 0 aliphatic heterocycles. The quantitative estimate of drug-likeness (QED) is 0.561. The van der Waals surface area contributed by atoms with E-state index < -0.39 is 0 Å².